The Morgan fingerprint density at radius 2 is 1.86 bits per heavy atom. The molecule has 1 fully saturated rings. The van der Waals surface area contributed by atoms with Crippen molar-refractivity contribution in [3.63, 3.8) is 0 Å². The highest BCUT2D eigenvalue weighted by molar-refractivity contribution is 5.78. The molecule has 0 saturated heterocycles. The molecule has 0 spiro atoms. The maximum Gasteiger partial charge on any atom is 0.314 e. The van der Waals surface area contributed by atoms with Crippen molar-refractivity contribution >= 4 is 16.7 Å². The Balaban J connectivity index is 1.54. The van der Waals surface area contributed by atoms with Crippen LogP contribution in [0.3, 0.4) is 0 Å². The van der Waals surface area contributed by atoms with Crippen LogP contribution in [-0.2, 0) is 0 Å². The first-order valence-electron chi connectivity index (χ1n) is 7.37. The van der Waals surface area contributed by atoms with Gasteiger partial charge in [0, 0.05) is 12.2 Å². The molecule has 1 aromatic heterocycles. The lowest BCUT2D eigenvalue weighted by Crippen LogP contribution is -2.28. The number of aromatic amines is 2. The second-order valence-electron chi connectivity index (χ2n) is 6.09. The fourth-order valence-electron chi connectivity index (χ4n) is 3.60. The van der Waals surface area contributed by atoms with Gasteiger partial charge in [-0.05, 0) is 48.8 Å². The van der Waals surface area contributed by atoms with E-state index < -0.39 is 11.1 Å². The van der Waals surface area contributed by atoms with E-state index in [-0.39, 0.29) is 0 Å². The molecule has 21 heavy (non-hydrogen) atoms. The predicted molar refractivity (Wildman–Crippen MR) is 82.5 cm³/mol. The van der Waals surface area contributed by atoms with Gasteiger partial charge in [-0.15, -0.1) is 0 Å². The van der Waals surface area contributed by atoms with E-state index in [4.69, 9.17) is 0 Å². The van der Waals surface area contributed by atoms with Crippen molar-refractivity contribution < 1.29 is 0 Å². The number of hydrogen-bond donors (Lipinski definition) is 3. The molecule has 1 heterocycles. The molecule has 5 nitrogen and oxygen atoms in total. The minimum Gasteiger partial charge on any atom is -0.385 e. The molecule has 4 rings (SSSR count). The molecule has 0 aliphatic heterocycles. The topological polar surface area (TPSA) is 77.8 Å². The first-order valence-corrected chi connectivity index (χ1v) is 7.37. The molecule has 2 bridgehead atoms. The third kappa shape index (κ3) is 2.18. The SMILES string of the molecule is O=c1[nH]c2ccc(NCC3CC4C=CC3C4)cc2[nH]c1=O. The summed E-state index contributed by atoms with van der Waals surface area (Å²) in [6.07, 6.45) is 7.27. The maximum atomic E-state index is 11.4. The Kier molecular flexibility index (Phi) is 2.74. The van der Waals surface area contributed by atoms with Gasteiger partial charge in [0.25, 0.3) is 0 Å². The van der Waals surface area contributed by atoms with Crippen LogP contribution in [0.25, 0.3) is 11.0 Å². The molecular weight excluding hydrogens is 266 g/mol. The van der Waals surface area contributed by atoms with Gasteiger partial charge in [0.2, 0.25) is 0 Å². The quantitative estimate of drug-likeness (QED) is 0.594. The van der Waals surface area contributed by atoms with Gasteiger partial charge in [0.1, 0.15) is 0 Å². The lowest BCUT2D eigenvalue weighted by atomic mass is 9.93. The molecular formula is C16H17N3O2. The molecule has 3 unspecified atom stereocenters. The Morgan fingerprint density at radius 1 is 1.05 bits per heavy atom. The van der Waals surface area contributed by atoms with E-state index in [9.17, 15) is 9.59 Å². The van der Waals surface area contributed by atoms with E-state index in [1.165, 1.54) is 12.8 Å². The van der Waals surface area contributed by atoms with Gasteiger partial charge >= 0.3 is 11.1 Å². The van der Waals surface area contributed by atoms with Crippen LogP contribution in [0.5, 0.6) is 0 Å². The van der Waals surface area contributed by atoms with Crippen molar-refractivity contribution in [2.45, 2.75) is 12.8 Å². The van der Waals surface area contributed by atoms with Gasteiger partial charge in [0.15, 0.2) is 0 Å². The fraction of sp³-hybridized carbons (Fsp3) is 0.375. The summed E-state index contributed by atoms with van der Waals surface area (Å²) in [5, 5.41) is 3.45. The van der Waals surface area contributed by atoms with Gasteiger partial charge in [0.05, 0.1) is 11.0 Å². The van der Waals surface area contributed by atoms with E-state index in [0.29, 0.717) is 17.0 Å². The maximum absolute atomic E-state index is 11.4. The van der Waals surface area contributed by atoms with Crippen molar-refractivity contribution in [1.82, 2.24) is 9.97 Å². The summed E-state index contributed by atoms with van der Waals surface area (Å²) < 4.78 is 0. The number of benzene rings is 1. The number of H-pyrrole nitrogens is 2. The van der Waals surface area contributed by atoms with Crippen LogP contribution in [0.15, 0.2) is 39.9 Å². The highest BCUT2D eigenvalue weighted by Gasteiger charge is 2.35. The number of fused-ring (bicyclic) bond motifs is 3. The van der Waals surface area contributed by atoms with E-state index >= 15 is 0 Å². The minimum absolute atomic E-state index is 0.613. The van der Waals surface area contributed by atoms with Gasteiger partial charge in [-0.3, -0.25) is 9.59 Å². The molecule has 3 atom stereocenters. The van der Waals surface area contributed by atoms with E-state index in [0.717, 1.165) is 24.1 Å². The van der Waals surface area contributed by atoms with Crippen LogP contribution >= 0.6 is 0 Å². The van der Waals surface area contributed by atoms with Crippen molar-refractivity contribution in [3.05, 3.63) is 51.1 Å². The average Bonchev–Trinajstić information content (AvgIpc) is 3.09. The van der Waals surface area contributed by atoms with Crippen LogP contribution in [0.2, 0.25) is 0 Å². The molecule has 3 N–H and O–H groups in total. The summed E-state index contributed by atoms with van der Waals surface area (Å²) >= 11 is 0. The number of hydrogen-bond acceptors (Lipinski definition) is 3. The predicted octanol–water partition coefficient (Wildman–Crippen LogP) is 1.84. The van der Waals surface area contributed by atoms with Crippen LogP contribution in [0, 0.1) is 17.8 Å². The van der Waals surface area contributed by atoms with Crippen LogP contribution in [-0.4, -0.2) is 16.5 Å². The summed E-state index contributed by atoms with van der Waals surface area (Å²) in [6, 6.07) is 5.62. The number of anilines is 1. The van der Waals surface area contributed by atoms with E-state index in [2.05, 4.69) is 27.4 Å². The Hall–Kier alpha value is -2.30. The average molecular weight is 283 g/mol. The van der Waals surface area contributed by atoms with E-state index in [1.807, 2.05) is 18.2 Å². The highest BCUT2D eigenvalue weighted by Crippen LogP contribution is 2.43. The molecule has 2 aliphatic rings. The van der Waals surface area contributed by atoms with Crippen LogP contribution < -0.4 is 16.4 Å². The fourth-order valence-corrected chi connectivity index (χ4v) is 3.60. The number of nitrogens with one attached hydrogen (secondary N) is 3. The van der Waals surface area contributed by atoms with Crippen molar-refractivity contribution in [2.75, 3.05) is 11.9 Å². The van der Waals surface area contributed by atoms with Crippen LogP contribution in [0.1, 0.15) is 12.8 Å². The zero-order chi connectivity index (χ0) is 14.4. The summed E-state index contributed by atoms with van der Waals surface area (Å²) in [7, 11) is 0. The van der Waals surface area contributed by atoms with Gasteiger partial charge in [-0.25, -0.2) is 0 Å². The standard InChI is InChI=1S/C16H17N3O2/c20-15-16(21)19-14-7-12(3-4-13(14)18-15)17-8-11-6-9-1-2-10(11)5-9/h1-4,7,9-11,17H,5-6,8H2,(H,18,20)(H,19,21). The molecule has 1 saturated carbocycles. The van der Waals surface area contributed by atoms with Crippen molar-refractivity contribution in [3.8, 4) is 0 Å². The van der Waals surface area contributed by atoms with Gasteiger partial charge < -0.3 is 15.3 Å². The summed E-state index contributed by atoms with van der Waals surface area (Å²) in [5.41, 5.74) is 1.04. The monoisotopic (exact) mass is 283 g/mol. The smallest absolute Gasteiger partial charge is 0.314 e. The van der Waals surface area contributed by atoms with Crippen molar-refractivity contribution in [2.24, 2.45) is 17.8 Å². The second-order valence-corrected chi connectivity index (χ2v) is 6.09. The zero-order valence-corrected chi connectivity index (χ0v) is 11.6. The summed E-state index contributed by atoms with van der Waals surface area (Å²) in [6.45, 7) is 0.949. The highest BCUT2D eigenvalue weighted by atomic mass is 16.2. The lowest BCUT2D eigenvalue weighted by Gasteiger charge is -2.19. The van der Waals surface area contributed by atoms with Gasteiger partial charge in [-0.1, -0.05) is 12.2 Å². The minimum atomic E-state index is -0.614. The lowest BCUT2D eigenvalue weighted by molar-refractivity contribution is 0.472. The molecule has 2 aliphatic carbocycles. The molecule has 1 aromatic carbocycles. The first-order chi connectivity index (χ1) is 10.2. The summed E-state index contributed by atoms with van der Waals surface area (Å²) in [5.74, 6) is 2.20. The number of aromatic nitrogens is 2. The Bertz CT molecular complexity index is 833. The molecule has 0 amide bonds. The Labute approximate surface area is 121 Å². The van der Waals surface area contributed by atoms with Crippen LogP contribution in [0.4, 0.5) is 5.69 Å². The Morgan fingerprint density at radius 3 is 2.57 bits per heavy atom. The molecule has 5 heteroatoms. The zero-order valence-electron chi connectivity index (χ0n) is 11.6. The summed E-state index contributed by atoms with van der Waals surface area (Å²) in [4.78, 5) is 27.8. The molecule has 0 radical (unpaired) electrons. The third-order valence-electron chi connectivity index (χ3n) is 4.71. The molecule has 2 aromatic rings. The first kappa shape index (κ1) is 12.4. The third-order valence-corrected chi connectivity index (χ3v) is 4.71. The number of rotatable bonds is 3. The second kappa shape index (κ2) is 4.62. The van der Waals surface area contributed by atoms with Gasteiger partial charge in [-0.2, -0.15) is 0 Å². The largest absolute Gasteiger partial charge is 0.385 e. The normalized spacial score (nSPS) is 26.6. The van der Waals surface area contributed by atoms with Crippen molar-refractivity contribution in [1.29, 1.82) is 0 Å². The number of allylic oxidation sites excluding steroid dienone is 2. The van der Waals surface area contributed by atoms with E-state index in [1.54, 1.807) is 0 Å². The molecule has 108 valence electrons.